The van der Waals surface area contributed by atoms with Gasteiger partial charge in [0.1, 0.15) is 5.82 Å². The molecule has 2 aromatic heterocycles. The molecule has 4 rings (SSSR count). The second-order valence-corrected chi connectivity index (χ2v) is 6.96. The molecule has 154 valence electrons. The Morgan fingerprint density at radius 2 is 1.96 bits per heavy atom. The van der Waals surface area contributed by atoms with Crippen molar-refractivity contribution in [2.45, 2.75) is 38.3 Å². The number of pyridine rings is 1. The molecule has 2 N–H and O–H groups in total. The number of aromatic nitrogens is 4. The van der Waals surface area contributed by atoms with Crippen LogP contribution in [0.25, 0.3) is 0 Å². The molecule has 0 radical (unpaired) electrons. The molecule has 4 heterocycles. The number of amides is 1. The van der Waals surface area contributed by atoms with Crippen molar-refractivity contribution in [3.05, 3.63) is 35.8 Å². The highest BCUT2D eigenvalue weighted by Gasteiger charge is 2.19. The molecule has 0 unspecified atom stereocenters. The first-order chi connectivity index (χ1) is 12.8. The fraction of sp³-hybridized carbons (Fsp3) is 0.556. The summed E-state index contributed by atoms with van der Waals surface area (Å²) in [5.74, 6) is 0.802. The van der Waals surface area contributed by atoms with Crippen molar-refractivity contribution in [3.8, 4) is 0 Å². The van der Waals surface area contributed by atoms with E-state index < -0.39 is 0 Å². The molecule has 28 heavy (non-hydrogen) atoms. The molecule has 0 bridgehead atoms. The van der Waals surface area contributed by atoms with Crippen LogP contribution in [0.4, 0.5) is 5.82 Å². The highest BCUT2D eigenvalue weighted by molar-refractivity contribution is 5.91. The zero-order chi connectivity index (χ0) is 17.8. The van der Waals surface area contributed by atoms with E-state index in [-0.39, 0.29) is 30.7 Å². The maximum absolute atomic E-state index is 12.4. The van der Waals surface area contributed by atoms with Crippen molar-refractivity contribution in [3.63, 3.8) is 0 Å². The van der Waals surface area contributed by atoms with Crippen molar-refractivity contribution in [2.24, 2.45) is 0 Å². The van der Waals surface area contributed by atoms with Crippen molar-refractivity contribution < 1.29 is 4.79 Å². The van der Waals surface area contributed by atoms with E-state index in [2.05, 4.69) is 36.9 Å². The van der Waals surface area contributed by atoms with Crippen LogP contribution in [0, 0.1) is 0 Å². The molecular formula is C18H27Cl2N7O. The van der Waals surface area contributed by atoms with Gasteiger partial charge in [0.2, 0.25) is 0 Å². The summed E-state index contributed by atoms with van der Waals surface area (Å²) in [5, 5.41) is 14.5. The van der Waals surface area contributed by atoms with E-state index in [4.69, 9.17) is 0 Å². The summed E-state index contributed by atoms with van der Waals surface area (Å²) >= 11 is 0. The maximum Gasteiger partial charge on any atom is 0.273 e. The van der Waals surface area contributed by atoms with Gasteiger partial charge in [-0.3, -0.25) is 4.79 Å². The van der Waals surface area contributed by atoms with Gasteiger partial charge in [-0.2, -0.15) is 0 Å². The summed E-state index contributed by atoms with van der Waals surface area (Å²) in [6, 6.07) is 4.32. The summed E-state index contributed by atoms with van der Waals surface area (Å²) in [6.45, 7) is 4.54. The minimum atomic E-state index is -0.190. The topological polar surface area (TPSA) is 88.0 Å². The molecular weight excluding hydrogens is 401 g/mol. The van der Waals surface area contributed by atoms with E-state index in [1.165, 1.54) is 12.8 Å². The Balaban J connectivity index is 0.00000140. The first-order valence-electron chi connectivity index (χ1n) is 9.40. The number of carbonyl (C=O) groups is 1. The molecule has 8 nitrogen and oxygen atoms in total. The third-order valence-corrected chi connectivity index (χ3v) is 5.12. The van der Waals surface area contributed by atoms with Gasteiger partial charge in [-0.1, -0.05) is 5.21 Å². The molecule has 0 aromatic carbocycles. The first-order valence-corrected chi connectivity index (χ1v) is 9.40. The Bertz CT molecular complexity index is 758. The number of hydrogen-bond acceptors (Lipinski definition) is 6. The number of halogens is 2. The second-order valence-electron chi connectivity index (χ2n) is 6.96. The van der Waals surface area contributed by atoms with Gasteiger partial charge in [0.15, 0.2) is 5.69 Å². The summed E-state index contributed by atoms with van der Waals surface area (Å²) in [4.78, 5) is 19.1. The van der Waals surface area contributed by atoms with Crippen LogP contribution in [0.3, 0.4) is 0 Å². The number of piperidine rings is 1. The average Bonchev–Trinajstić information content (AvgIpc) is 3.39. The second kappa shape index (κ2) is 10.6. The quantitative estimate of drug-likeness (QED) is 0.757. The van der Waals surface area contributed by atoms with Gasteiger partial charge in [0.25, 0.3) is 5.91 Å². The van der Waals surface area contributed by atoms with Gasteiger partial charge >= 0.3 is 0 Å². The van der Waals surface area contributed by atoms with E-state index in [1.807, 2.05) is 16.9 Å². The summed E-state index contributed by atoms with van der Waals surface area (Å²) < 4.78 is 1.83. The van der Waals surface area contributed by atoms with Crippen LogP contribution in [0.2, 0.25) is 0 Å². The molecule has 2 aliphatic rings. The highest BCUT2D eigenvalue weighted by atomic mass is 35.5. The monoisotopic (exact) mass is 427 g/mol. The van der Waals surface area contributed by atoms with E-state index in [0.29, 0.717) is 18.3 Å². The van der Waals surface area contributed by atoms with Crippen molar-refractivity contribution >= 4 is 36.5 Å². The fourth-order valence-electron chi connectivity index (χ4n) is 3.59. The Morgan fingerprint density at radius 1 is 1.21 bits per heavy atom. The van der Waals surface area contributed by atoms with Gasteiger partial charge in [-0.25, -0.2) is 9.67 Å². The molecule has 0 saturated carbocycles. The summed E-state index contributed by atoms with van der Waals surface area (Å²) in [5.41, 5.74) is 1.42. The van der Waals surface area contributed by atoms with Gasteiger partial charge in [-0.15, -0.1) is 29.9 Å². The minimum Gasteiger partial charge on any atom is -0.357 e. The van der Waals surface area contributed by atoms with E-state index in [0.717, 1.165) is 50.4 Å². The van der Waals surface area contributed by atoms with Gasteiger partial charge in [0.05, 0.1) is 12.2 Å². The molecule has 1 amide bonds. The summed E-state index contributed by atoms with van der Waals surface area (Å²) in [6.07, 6.45) is 8.03. The highest BCUT2D eigenvalue weighted by Crippen LogP contribution is 2.19. The van der Waals surface area contributed by atoms with Crippen LogP contribution in [-0.4, -0.2) is 52.1 Å². The number of hydrogen-bond donors (Lipinski definition) is 2. The van der Waals surface area contributed by atoms with Crippen LogP contribution in [-0.2, 0) is 6.54 Å². The molecule has 0 atom stereocenters. The Labute approximate surface area is 177 Å². The van der Waals surface area contributed by atoms with Crippen LogP contribution < -0.4 is 15.5 Å². The van der Waals surface area contributed by atoms with Crippen molar-refractivity contribution in [1.82, 2.24) is 30.6 Å². The predicted octanol–water partition coefficient (Wildman–Crippen LogP) is 1.97. The molecule has 0 aliphatic carbocycles. The van der Waals surface area contributed by atoms with E-state index >= 15 is 0 Å². The van der Waals surface area contributed by atoms with Crippen LogP contribution in [0.15, 0.2) is 24.5 Å². The normalized spacial score (nSPS) is 16.9. The number of nitrogens with zero attached hydrogens (tertiary/aromatic N) is 5. The third-order valence-electron chi connectivity index (χ3n) is 5.12. The largest absolute Gasteiger partial charge is 0.357 e. The van der Waals surface area contributed by atoms with Crippen LogP contribution in [0.5, 0.6) is 0 Å². The zero-order valence-electron chi connectivity index (χ0n) is 15.7. The number of anilines is 1. The van der Waals surface area contributed by atoms with Gasteiger partial charge in [-0.05, 0) is 56.5 Å². The number of nitrogens with one attached hydrogen (secondary N) is 2. The first kappa shape index (κ1) is 22.4. The van der Waals surface area contributed by atoms with Crippen molar-refractivity contribution in [2.75, 3.05) is 31.1 Å². The van der Waals surface area contributed by atoms with Crippen molar-refractivity contribution in [1.29, 1.82) is 0 Å². The third kappa shape index (κ3) is 5.33. The lowest BCUT2D eigenvalue weighted by Gasteiger charge is -2.22. The lowest BCUT2D eigenvalue weighted by molar-refractivity contribution is 0.0946. The van der Waals surface area contributed by atoms with Crippen LogP contribution in [0.1, 0.15) is 47.8 Å². The smallest absolute Gasteiger partial charge is 0.273 e. The van der Waals surface area contributed by atoms with E-state index in [9.17, 15) is 4.79 Å². The molecule has 0 spiro atoms. The van der Waals surface area contributed by atoms with Gasteiger partial charge in [0, 0.05) is 25.8 Å². The van der Waals surface area contributed by atoms with Crippen LogP contribution >= 0.6 is 24.8 Å². The lowest BCUT2D eigenvalue weighted by atomic mass is 10.1. The minimum absolute atomic E-state index is 0. The standard InChI is InChI=1S/C18H25N7O.2ClH/c26-18(16-13-25(23-22-16)15-4-6-19-7-5-15)21-12-14-3-8-20-17(11-14)24-9-1-2-10-24;;/h3,8,11,13,15,19H,1-2,4-7,9-10,12H2,(H,21,26);2*1H. The Morgan fingerprint density at radius 3 is 2.71 bits per heavy atom. The predicted molar refractivity (Wildman–Crippen MR) is 113 cm³/mol. The zero-order valence-corrected chi connectivity index (χ0v) is 17.3. The molecule has 2 fully saturated rings. The maximum atomic E-state index is 12.4. The Kier molecular flexibility index (Phi) is 8.47. The molecule has 10 heteroatoms. The molecule has 2 saturated heterocycles. The van der Waals surface area contributed by atoms with E-state index in [1.54, 1.807) is 6.20 Å². The SMILES string of the molecule is Cl.Cl.O=C(NCc1ccnc(N2CCCC2)c1)c1cn(C2CCNCC2)nn1. The molecule has 2 aliphatic heterocycles. The number of rotatable bonds is 5. The lowest BCUT2D eigenvalue weighted by Crippen LogP contribution is -2.29. The fourth-order valence-corrected chi connectivity index (χ4v) is 3.59. The van der Waals surface area contributed by atoms with Gasteiger partial charge < -0.3 is 15.5 Å². The Hall–Kier alpha value is -1.90. The average molecular weight is 428 g/mol. The molecule has 2 aromatic rings. The number of carbonyl (C=O) groups excluding carboxylic acids is 1. The summed E-state index contributed by atoms with van der Waals surface area (Å²) in [7, 11) is 0.